The van der Waals surface area contributed by atoms with Crippen molar-refractivity contribution in [1.82, 2.24) is 4.98 Å². The zero-order valence-electron chi connectivity index (χ0n) is 10.7. The highest BCUT2D eigenvalue weighted by Gasteiger charge is 2.11. The molecular formula is C14H10Cl2N2O3. The third-order valence-electron chi connectivity index (χ3n) is 2.39. The minimum atomic E-state index is -0.628. The summed E-state index contributed by atoms with van der Waals surface area (Å²) >= 11 is 11.4. The number of ether oxygens (including phenoxy) is 1. The summed E-state index contributed by atoms with van der Waals surface area (Å²) in [5, 5.41) is 3.35. The van der Waals surface area contributed by atoms with Crippen molar-refractivity contribution in [2.45, 2.75) is 0 Å². The van der Waals surface area contributed by atoms with Crippen molar-refractivity contribution < 1.29 is 14.3 Å². The van der Waals surface area contributed by atoms with E-state index in [1.807, 2.05) is 0 Å². The van der Waals surface area contributed by atoms with Crippen molar-refractivity contribution in [3.05, 3.63) is 58.2 Å². The summed E-state index contributed by atoms with van der Waals surface area (Å²) in [6, 6.07) is 9.39. The van der Waals surface area contributed by atoms with Crippen LogP contribution in [0.3, 0.4) is 0 Å². The van der Waals surface area contributed by atoms with E-state index in [4.69, 9.17) is 27.9 Å². The predicted octanol–water partition coefficient (Wildman–Crippen LogP) is 3.18. The Morgan fingerprint density at radius 1 is 1.14 bits per heavy atom. The fourth-order valence-electron chi connectivity index (χ4n) is 1.46. The van der Waals surface area contributed by atoms with Crippen LogP contribution in [0.25, 0.3) is 0 Å². The third-order valence-corrected chi connectivity index (χ3v) is 2.85. The Bertz CT molecular complexity index is 660. The summed E-state index contributed by atoms with van der Waals surface area (Å²) in [6.45, 7) is -0.421. The molecule has 7 heteroatoms. The van der Waals surface area contributed by atoms with E-state index in [1.54, 1.807) is 30.3 Å². The molecule has 5 nitrogen and oxygen atoms in total. The molecule has 0 saturated carbocycles. The van der Waals surface area contributed by atoms with Crippen LogP contribution in [0.5, 0.6) is 0 Å². The number of anilines is 1. The SMILES string of the molecule is O=C(COC(=O)c1cccc(Cl)c1)Nc1ccc(Cl)cn1. The van der Waals surface area contributed by atoms with Crippen LogP contribution < -0.4 is 5.32 Å². The summed E-state index contributed by atoms with van der Waals surface area (Å²) in [7, 11) is 0. The maximum Gasteiger partial charge on any atom is 0.338 e. The molecule has 0 aliphatic carbocycles. The molecule has 21 heavy (non-hydrogen) atoms. The van der Waals surface area contributed by atoms with Crippen LogP contribution in [0.1, 0.15) is 10.4 Å². The molecule has 2 rings (SSSR count). The first-order chi connectivity index (χ1) is 10.0. The van der Waals surface area contributed by atoms with Crippen LogP contribution in [0.4, 0.5) is 5.82 Å². The summed E-state index contributed by atoms with van der Waals surface area (Å²) < 4.78 is 4.88. The first-order valence-corrected chi connectivity index (χ1v) is 6.64. The smallest absolute Gasteiger partial charge is 0.338 e. The highest BCUT2D eigenvalue weighted by Crippen LogP contribution is 2.12. The fourth-order valence-corrected chi connectivity index (χ4v) is 1.76. The van der Waals surface area contributed by atoms with Gasteiger partial charge >= 0.3 is 5.97 Å². The van der Waals surface area contributed by atoms with Crippen molar-refractivity contribution in [1.29, 1.82) is 0 Å². The number of esters is 1. The van der Waals surface area contributed by atoms with E-state index < -0.39 is 18.5 Å². The van der Waals surface area contributed by atoms with Gasteiger partial charge in [-0.05, 0) is 30.3 Å². The van der Waals surface area contributed by atoms with Gasteiger partial charge in [-0.2, -0.15) is 0 Å². The zero-order chi connectivity index (χ0) is 15.2. The van der Waals surface area contributed by atoms with Crippen molar-refractivity contribution in [2.24, 2.45) is 0 Å². The Morgan fingerprint density at radius 2 is 1.95 bits per heavy atom. The van der Waals surface area contributed by atoms with Gasteiger partial charge in [-0.25, -0.2) is 9.78 Å². The van der Waals surface area contributed by atoms with Gasteiger partial charge in [0, 0.05) is 11.2 Å². The molecule has 1 aromatic heterocycles. The fraction of sp³-hybridized carbons (Fsp3) is 0.0714. The Labute approximate surface area is 130 Å². The van der Waals surface area contributed by atoms with Crippen molar-refractivity contribution in [3.8, 4) is 0 Å². The molecule has 1 N–H and O–H groups in total. The van der Waals surface area contributed by atoms with Gasteiger partial charge < -0.3 is 10.1 Å². The number of nitrogens with one attached hydrogen (secondary N) is 1. The molecule has 0 aliphatic heterocycles. The van der Waals surface area contributed by atoms with Crippen LogP contribution in [0, 0.1) is 0 Å². The van der Waals surface area contributed by atoms with Gasteiger partial charge in [0.15, 0.2) is 6.61 Å². The topological polar surface area (TPSA) is 68.3 Å². The van der Waals surface area contributed by atoms with Crippen LogP contribution >= 0.6 is 23.2 Å². The first kappa shape index (κ1) is 15.3. The number of carbonyl (C=O) groups excluding carboxylic acids is 2. The molecule has 2 aromatic rings. The van der Waals surface area contributed by atoms with Crippen LogP contribution in [-0.2, 0) is 9.53 Å². The lowest BCUT2D eigenvalue weighted by atomic mass is 10.2. The number of aromatic nitrogens is 1. The molecular weight excluding hydrogens is 315 g/mol. The van der Waals surface area contributed by atoms with Crippen LogP contribution in [0.15, 0.2) is 42.6 Å². The second-order valence-corrected chi connectivity index (χ2v) is 4.87. The number of rotatable bonds is 4. The summed E-state index contributed by atoms with van der Waals surface area (Å²) in [5.41, 5.74) is 0.278. The van der Waals surface area contributed by atoms with E-state index >= 15 is 0 Å². The number of carbonyl (C=O) groups is 2. The molecule has 0 fully saturated rings. The molecule has 108 valence electrons. The van der Waals surface area contributed by atoms with E-state index in [2.05, 4.69) is 10.3 Å². The second kappa shape index (κ2) is 7.06. The molecule has 1 heterocycles. The van der Waals surface area contributed by atoms with Gasteiger partial charge in [-0.1, -0.05) is 29.3 Å². The Morgan fingerprint density at radius 3 is 2.62 bits per heavy atom. The average molecular weight is 325 g/mol. The highest BCUT2D eigenvalue weighted by molar-refractivity contribution is 6.31. The molecule has 0 saturated heterocycles. The van der Waals surface area contributed by atoms with Crippen molar-refractivity contribution in [3.63, 3.8) is 0 Å². The highest BCUT2D eigenvalue weighted by atomic mass is 35.5. The van der Waals surface area contributed by atoms with Crippen LogP contribution in [-0.4, -0.2) is 23.5 Å². The van der Waals surface area contributed by atoms with E-state index in [9.17, 15) is 9.59 Å². The Balaban J connectivity index is 1.86. The Hall–Kier alpha value is -2.11. The van der Waals surface area contributed by atoms with Crippen molar-refractivity contribution >= 4 is 40.9 Å². The van der Waals surface area contributed by atoms with E-state index in [-0.39, 0.29) is 5.56 Å². The van der Waals surface area contributed by atoms with Gasteiger partial charge in [-0.15, -0.1) is 0 Å². The number of halogens is 2. The molecule has 1 aromatic carbocycles. The number of pyridine rings is 1. The molecule has 0 bridgehead atoms. The summed E-state index contributed by atoms with van der Waals surface area (Å²) in [5.74, 6) is -0.805. The van der Waals surface area contributed by atoms with Gasteiger partial charge in [0.25, 0.3) is 5.91 Å². The Kier molecular flexibility index (Phi) is 5.14. The van der Waals surface area contributed by atoms with Gasteiger partial charge in [0.05, 0.1) is 10.6 Å². The maximum absolute atomic E-state index is 11.7. The lowest BCUT2D eigenvalue weighted by Gasteiger charge is -2.06. The number of amides is 1. The zero-order valence-corrected chi connectivity index (χ0v) is 12.2. The molecule has 0 spiro atoms. The first-order valence-electron chi connectivity index (χ1n) is 5.89. The van der Waals surface area contributed by atoms with E-state index in [0.29, 0.717) is 15.9 Å². The second-order valence-electron chi connectivity index (χ2n) is 4.00. The number of hydrogen-bond donors (Lipinski definition) is 1. The normalized spacial score (nSPS) is 10.0. The monoisotopic (exact) mass is 324 g/mol. The standard InChI is InChI=1S/C14H10Cl2N2O3/c15-10-3-1-2-9(6-10)14(20)21-8-13(19)18-12-5-4-11(16)7-17-12/h1-7H,8H2,(H,17,18,19). The third kappa shape index (κ3) is 4.73. The average Bonchev–Trinajstić information content (AvgIpc) is 2.47. The van der Waals surface area contributed by atoms with Gasteiger partial charge in [0.1, 0.15) is 5.82 Å². The van der Waals surface area contributed by atoms with Gasteiger partial charge in [0.2, 0.25) is 0 Å². The lowest BCUT2D eigenvalue weighted by molar-refractivity contribution is -0.119. The predicted molar refractivity (Wildman–Crippen MR) is 79.6 cm³/mol. The molecule has 0 aliphatic rings. The number of benzene rings is 1. The van der Waals surface area contributed by atoms with Crippen molar-refractivity contribution in [2.75, 3.05) is 11.9 Å². The minimum absolute atomic E-state index is 0.278. The molecule has 1 amide bonds. The lowest BCUT2D eigenvalue weighted by Crippen LogP contribution is -2.21. The minimum Gasteiger partial charge on any atom is -0.452 e. The van der Waals surface area contributed by atoms with E-state index in [0.717, 1.165) is 0 Å². The largest absolute Gasteiger partial charge is 0.452 e. The molecule has 0 atom stereocenters. The number of nitrogens with zero attached hydrogens (tertiary/aromatic N) is 1. The van der Waals surface area contributed by atoms with Crippen LogP contribution in [0.2, 0.25) is 10.0 Å². The summed E-state index contributed by atoms with van der Waals surface area (Å²) in [4.78, 5) is 27.2. The van der Waals surface area contributed by atoms with Gasteiger partial charge in [-0.3, -0.25) is 4.79 Å². The molecule has 0 radical (unpaired) electrons. The molecule has 0 unspecified atom stereocenters. The maximum atomic E-state index is 11.7. The number of hydrogen-bond acceptors (Lipinski definition) is 4. The van der Waals surface area contributed by atoms with E-state index in [1.165, 1.54) is 12.3 Å². The summed E-state index contributed by atoms with van der Waals surface area (Å²) in [6.07, 6.45) is 1.40. The quantitative estimate of drug-likeness (QED) is 0.877.